The van der Waals surface area contributed by atoms with E-state index in [-0.39, 0.29) is 6.10 Å². The van der Waals surface area contributed by atoms with Crippen LogP contribution in [0, 0.1) is 11.8 Å². The van der Waals surface area contributed by atoms with Gasteiger partial charge in [-0.25, -0.2) is 0 Å². The van der Waals surface area contributed by atoms with Gasteiger partial charge in [-0.2, -0.15) is 0 Å². The fraction of sp³-hybridized carbons (Fsp3) is 0.467. The van der Waals surface area contributed by atoms with Gasteiger partial charge in [0.05, 0.1) is 0 Å². The lowest BCUT2D eigenvalue weighted by Gasteiger charge is -2.26. The molecule has 0 aliphatic carbocycles. The van der Waals surface area contributed by atoms with Gasteiger partial charge in [0.2, 0.25) is 0 Å². The lowest BCUT2D eigenvalue weighted by molar-refractivity contribution is 0.104. The Morgan fingerprint density at radius 3 is 2.06 bits per heavy atom. The summed E-state index contributed by atoms with van der Waals surface area (Å²) >= 11 is 0. The van der Waals surface area contributed by atoms with Crippen molar-refractivity contribution in [3.05, 3.63) is 28.6 Å². The molecule has 0 aromatic heterocycles. The molecule has 1 aromatic rings. The van der Waals surface area contributed by atoms with Gasteiger partial charge in [0.25, 0.3) is 0 Å². The molecule has 0 radical (unpaired) electrons. The number of ether oxygens (including phenoxy) is 1. The maximum atomic E-state index is 6.05. The molecule has 1 rings (SSSR count). The SMILES string of the molecule is C=c1cccc(OC(C(C)C)C(C)C)c1=C. The van der Waals surface area contributed by atoms with Crippen LogP contribution in [0.5, 0.6) is 5.75 Å². The highest BCUT2D eigenvalue weighted by Gasteiger charge is 2.19. The highest BCUT2D eigenvalue weighted by molar-refractivity contribution is 5.30. The Balaban J connectivity index is 2.99. The topological polar surface area (TPSA) is 9.23 Å². The molecule has 0 aliphatic rings. The van der Waals surface area contributed by atoms with Crippen LogP contribution in [-0.4, -0.2) is 6.10 Å². The molecule has 0 saturated carbocycles. The van der Waals surface area contributed by atoms with Crippen molar-refractivity contribution >= 4 is 13.2 Å². The van der Waals surface area contributed by atoms with Crippen LogP contribution in [0.3, 0.4) is 0 Å². The van der Waals surface area contributed by atoms with Crippen LogP contribution in [-0.2, 0) is 0 Å². The summed E-state index contributed by atoms with van der Waals surface area (Å²) in [6.07, 6.45) is 0.224. The van der Waals surface area contributed by atoms with E-state index < -0.39 is 0 Å². The molecular formula is C15H22O. The third-order valence-corrected chi connectivity index (χ3v) is 2.81. The minimum atomic E-state index is 0.224. The fourth-order valence-corrected chi connectivity index (χ4v) is 1.91. The average Bonchev–Trinajstić information content (AvgIpc) is 2.19. The van der Waals surface area contributed by atoms with E-state index >= 15 is 0 Å². The van der Waals surface area contributed by atoms with Crippen molar-refractivity contribution in [3.63, 3.8) is 0 Å². The summed E-state index contributed by atoms with van der Waals surface area (Å²) in [5.74, 6) is 1.85. The molecule has 1 aromatic carbocycles. The van der Waals surface area contributed by atoms with Gasteiger partial charge in [-0.05, 0) is 23.1 Å². The zero-order valence-corrected chi connectivity index (χ0v) is 10.8. The summed E-state index contributed by atoms with van der Waals surface area (Å²) in [7, 11) is 0. The molecule has 0 fully saturated rings. The summed E-state index contributed by atoms with van der Waals surface area (Å²) in [6.45, 7) is 16.7. The third kappa shape index (κ3) is 2.88. The molecule has 0 heterocycles. The lowest BCUT2D eigenvalue weighted by Crippen LogP contribution is -2.33. The van der Waals surface area contributed by atoms with Crippen molar-refractivity contribution in [3.8, 4) is 5.75 Å². The molecule has 16 heavy (non-hydrogen) atoms. The van der Waals surface area contributed by atoms with Gasteiger partial charge in [-0.15, -0.1) is 0 Å². The predicted molar refractivity (Wildman–Crippen MR) is 70.8 cm³/mol. The largest absolute Gasteiger partial charge is 0.489 e. The summed E-state index contributed by atoms with van der Waals surface area (Å²) in [6, 6.07) is 5.88. The highest BCUT2D eigenvalue weighted by atomic mass is 16.5. The van der Waals surface area contributed by atoms with E-state index in [0.717, 1.165) is 16.2 Å². The van der Waals surface area contributed by atoms with Crippen LogP contribution in [0.4, 0.5) is 0 Å². The first-order valence-electron chi connectivity index (χ1n) is 5.87. The van der Waals surface area contributed by atoms with E-state index in [9.17, 15) is 0 Å². The standard InChI is InChI=1S/C15H22O/c1-10(2)15(11(3)4)16-14-9-7-8-12(5)13(14)6/h7-11,15H,5-6H2,1-4H3. The summed E-state index contributed by atoms with van der Waals surface area (Å²) in [4.78, 5) is 0. The van der Waals surface area contributed by atoms with E-state index in [0.29, 0.717) is 11.8 Å². The minimum absolute atomic E-state index is 0.224. The molecule has 0 aliphatic heterocycles. The Hall–Kier alpha value is -1.24. The van der Waals surface area contributed by atoms with Crippen LogP contribution < -0.4 is 15.2 Å². The van der Waals surface area contributed by atoms with Gasteiger partial charge in [0.1, 0.15) is 11.9 Å². The van der Waals surface area contributed by atoms with Crippen molar-refractivity contribution in [2.45, 2.75) is 33.8 Å². The molecule has 0 saturated heterocycles. The number of benzene rings is 1. The Kier molecular flexibility index (Phi) is 4.17. The second kappa shape index (κ2) is 5.20. The van der Waals surface area contributed by atoms with Crippen LogP contribution in [0.25, 0.3) is 13.2 Å². The minimum Gasteiger partial charge on any atom is -0.489 e. The van der Waals surface area contributed by atoms with Gasteiger partial charge in [-0.3, -0.25) is 0 Å². The summed E-state index contributed by atoms with van der Waals surface area (Å²) < 4.78 is 6.05. The number of hydrogen-bond acceptors (Lipinski definition) is 1. The van der Waals surface area contributed by atoms with Crippen LogP contribution >= 0.6 is 0 Å². The zero-order valence-electron chi connectivity index (χ0n) is 10.8. The highest BCUT2D eigenvalue weighted by Crippen LogP contribution is 2.17. The van der Waals surface area contributed by atoms with Gasteiger partial charge in [-0.1, -0.05) is 53.0 Å². The Bertz CT molecular complexity index is 423. The second-order valence-electron chi connectivity index (χ2n) is 4.96. The number of hydrogen-bond donors (Lipinski definition) is 0. The van der Waals surface area contributed by atoms with E-state index in [4.69, 9.17) is 4.74 Å². The van der Waals surface area contributed by atoms with Crippen LogP contribution in [0.2, 0.25) is 0 Å². The molecule has 1 heteroatoms. The van der Waals surface area contributed by atoms with Crippen LogP contribution in [0.15, 0.2) is 18.2 Å². The number of rotatable bonds is 4. The molecule has 0 bridgehead atoms. The van der Waals surface area contributed by atoms with E-state index in [1.54, 1.807) is 0 Å². The maximum absolute atomic E-state index is 6.05. The Morgan fingerprint density at radius 1 is 1.00 bits per heavy atom. The normalized spacial score (nSPS) is 11.4. The fourth-order valence-electron chi connectivity index (χ4n) is 1.91. The van der Waals surface area contributed by atoms with E-state index in [1.165, 1.54) is 0 Å². The molecule has 1 nitrogen and oxygen atoms in total. The summed E-state index contributed by atoms with van der Waals surface area (Å²) in [5.41, 5.74) is 0. The molecule has 0 N–H and O–H groups in total. The first-order valence-corrected chi connectivity index (χ1v) is 5.87. The molecule has 0 spiro atoms. The van der Waals surface area contributed by atoms with Crippen molar-refractivity contribution in [1.82, 2.24) is 0 Å². The molecule has 0 atom stereocenters. The smallest absolute Gasteiger partial charge is 0.126 e. The maximum Gasteiger partial charge on any atom is 0.126 e. The quantitative estimate of drug-likeness (QED) is 0.754. The Labute approximate surface area is 98.5 Å². The van der Waals surface area contributed by atoms with Gasteiger partial charge in [0.15, 0.2) is 0 Å². The zero-order chi connectivity index (χ0) is 12.3. The van der Waals surface area contributed by atoms with Gasteiger partial charge in [0, 0.05) is 5.22 Å². The second-order valence-corrected chi connectivity index (χ2v) is 4.96. The first-order chi connectivity index (χ1) is 7.43. The van der Waals surface area contributed by atoms with Gasteiger partial charge < -0.3 is 4.74 Å². The van der Waals surface area contributed by atoms with Crippen molar-refractivity contribution < 1.29 is 4.74 Å². The van der Waals surface area contributed by atoms with E-state index in [1.807, 2.05) is 18.2 Å². The first kappa shape index (κ1) is 12.8. The third-order valence-electron chi connectivity index (χ3n) is 2.81. The van der Waals surface area contributed by atoms with Gasteiger partial charge >= 0.3 is 0 Å². The van der Waals surface area contributed by atoms with Crippen molar-refractivity contribution in [2.24, 2.45) is 11.8 Å². The monoisotopic (exact) mass is 218 g/mol. The molecule has 88 valence electrons. The summed E-state index contributed by atoms with van der Waals surface area (Å²) in [5, 5.41) is 1.83. The van der Waals surface area contributed by atoms with Crippen molar-refractivity contribution in [2.75, 3.05) is 0 Å². The van der Waals surface area contributed by atoms with Crippen LogP contribution in [0.1, 0.15) is 27.7 Å². The molecule has 0 unspecified atom stereocenters. The average molecular weight is 218 g/mol. The lowest BCUT2D eigenvalue weighted by atomic mass is 9.96. The Morgan fingerprint density at radius 2 is 1.56 bits per heavy atom. The molecular weight excluding hydrogens is 196 g/mol. The predicted octanol–water partition coefficient (Wildman–Crippen LogP) is 2.57. The molecule has 0 amide bonds. The van der Waals surface area contributed by atoms with E-state index in [2.05, 4.69) is 40.9 Å². The van der Waals surface area contributed by atoms with Crippen molar-refractivity contribution in [1.29, 1.82) is 0 Å².